The molecule has 0 unspecified atom stereocenters. The second-order valence-electron chi connectivity index (χ2n) is 7.51. The summed E-state index contributed by atoms with van der Waals surface area (Å²) in [5, 5.41) is 14.0. The molecule has 4 rings (SSSR count). The number of thiophene rings is 1. The van der Waals surface area contributed by atoms with Crippen LogP contribution >= 0.6 is 22.9 Å². The van der Waals surface area contributed by atoms with Gasteiger partial charge in [0.25, 0.3) is 0 Å². The predicted molar refractivity (Wildman–Crippen MR) is 127 cm³/mol. The molecule has 2 aromatic carbocycles. The van der Waals surface area contributed by atoms with Crippen molar-refractivity contribution in [2.45, 2.75) is 32.7 Å². The summed E-state index contributed by atoms with van der Waals surface area (Å²) in [7, 11) is 0. The highest BCUT2D eigenvalue weighted by Crippen LogP contribution is 2.43. The van der Waals surface area contributed by atoms with Gasteiger partial charge >= 0.3 is 5.97 Å². The highest BCUT2D eigenvalue weighted by molar-refractivity contribution is 7.19. The number of hydrogen-bond donors (Lipinski definition) is 2. The third-order valence-electron chi connectivity index (χ3n) is 5.50. The highest BCUT2D eigenvalue weighted by atomic mass is 35.5. The van der Waals surface area contributed by atoms with E-state index in [2.05, 4.69) is 15.3 Å². The number of nitrogens with one attached hydrogen (secondary N) is 1. The van der Waals surface area contributed by atoms with Crippen molar-refractivity contribution >= 4 is 44.9 Å². The normalized spacial score (nSPS) is 12.2. The number of carboxylic acids is 1. The van der Waals surface area contributed by atoms with Crippen LogP contribution < -0.4 is 5.32 Å². The summed E-state index contributed by atoms with van der Waals surface area (Å²) >= 11 is 7.86. The molecule has 0 saturated heterocycles. The van der Waals surface area contributed by atoms with E-state index in [4.69, 9.17) is 11.6 Å². The largest absolute Gasteiger partial charge is 0.480 e. The Hall–Kier alpha value is -3.10. The molecule has 0 bridgehead atoms. The van der Waals surface area contributed by atoms with Crippen molar-refractivity contribution in [1.29, 1.82) is 0 Å². The fraction of sp³-hybridized carbons (Fsp3) is 0.208. The molecule has 0 saturated carbocycles. The molecule has 0 aliphatic carbocycles. The van der Waals surface area contributed by atoms with Gasteiger partial charge in [-0.3, -0.25) is 0 Å². The second-order valence-corrected chi connectivity index (χ2v) is 9.00. The predicted octanol–water partition coefficient (Wildman–Crippen LogP) is 6.27. The van der Waals surface area contributed by atoms with Crippen LogP contribution in [0.4, 0.5) is 14.6 Å². The SMILES string of the molecule is CCc1sc2ncnc(N[C@H](Cc3c(F)cccc3F)C(=O)O)c2c1-c1cccc(Cl)c1C. The first-order chi connectivity index (χ1) is 15.8. The maximum Gasteiger partial charge on any atom is 0.326 e. The van der Waals surface area contributed by atoms with Crippen LogP contribution in [0.2, 0.25) is 5.02 Å². The van der Waals surface area contributed by atoms with E-state index in [0.29, 0.717) is 15.2 Å². The minimum absolute atomic E-state index is 0.287. The summed E-state index contributed by atoms with van der Waals surface area (Å²) < 4.78 is 28.4. The minimum atomic E-state index is -1.31. The van der Waals surface area contributed by atoms with Crippen molar-refractivity contribution in [3.63, 3.8) is 0 Å². The molecule has 0 spiro atoms. The van der Waals surface area contributed by atoms with Crippen LogP contribution in [-0.4, -0.2) is 27.1 Å². The molecule has 0 aliphatic rings. The molecule has 2 heterocycles. The van der Waals surface area contributed by atoms with Crippen LogP contribution in [0.1, 0.15) is 22.9 Å². The van der Waals surface area contributed by atoms with Gasteiger partial charge in [-0.05, 0) is 42.7 Å². The van der Waals surface area contributed by atoms with E-state index in [0.717, 1.165) is 40.1 Å². The molecular formula is C24H20ClF2N3O2S. The average molecular weight is 488 g/mol. The fourth-order valence-electron chi connectivity index (χ4n) is 3.80. The summed E-state index contributed by atoms with van der Waals surface area (Å²) in [6.45, 7) is 3.94. The first kappa shape index (κ1) is 23.1. The van der Waals surface area contributed by atoms with Gasteiger partial charge in [-0.2, -0.15) is 0 Å². The lowest BCUT2D eigenvalue weighted by Crippen LogP contribution is -2.32. The molecule has 2 aromatic heterocycles. The zero-order valence-corrected chi connectivity index (χ0v) is 19.4. The van der Waals surface area contributed by atoms with Crippen LogP contribution in [-0.2, 0) is 17.6 Å². The van der Waals surface area contributed by atoms with Crippen LogP contribution in [0.5, 0.6) is 0 Å². The van der Waals surface area contributed by atoms with E-state index in [9.17, 15) is 18.7 Å². The van der Waals surface area contributed by atoms with E-state index in [1.807, 2.05) is 26.0 Å². The summed E-state index contributed by atoms with van der Waals surface area (Å²) in [6, 6.07) is 7.74. The molecule has 0 amide bonds. The topological polar surface area (TPSA) is 75.1 Å². The van der Waals surface area contributed by atoms with E-state index in [1.165, 1.54) is 23.7 Å². The Bertz CT molecular complexity index is 1340. The molecular weight excluding hydrogens is 468 g/mol. The zero-order valence-electron chi connectivity index (χ0n) is 17.8. The van der Waals surface area contributed by atoms with Crippen molar-refractivity contribution in [2.75, 3.05) is 5.32 Å². The number of carboxylic acid groups (broad SMARTS) is 1. The molecule has 1 atom stereocenters. The molecule has 9 heteroatoms. The standard InChI is InChI=1S/C24H20ClF2N3O2S/c1-3-19-20(13-6-4-7-15(25)12(13)2)21-22(28-11-29-23(21)33-19)30-18(24(31)32)10-14-16(26)8-5-9-17(14)27/h4-9,11,18H,3,10H2,1-2H3,(H,31,32)(H,28,29,30)/t18-/m1/s1. The van der Waals surface area contributed by atoms with E-state index < -0.39 is 30.1 Å². The van der Waals surface area contributed by atoms with Gasteiger partial charge < -0.3 is 10.4 Å². The molecule has 2 N–H and O–H groups in total. The number of anilines is 1. The molecule has 0 aliphatic heterocycles. The van der Waals surface area contributed by atoms with Crippen molar-refractivity contribution in [1.82, 2.24) is 9.97 Å². The first-order valence-corrected chi connectivity index (χ1v) is 11.4. The number of hydrogen-bond acceptors (Lipinski definition) is 5. The average Bonchev–Trinajstić information content (AvgIpc) is 3.16. The number of halogens is 3. The number of aromatic nitrogens is 2. The second kappa shape index (κ2) is 9.41. The highest BCUT2D eigenvalue weighted by Gasteiger charge is 2.26. The quantitative estimate of drug-likeness (QED) is 0.321. The third kappa shape index (κ3) is 4.41. The molecule has 33 heavy (non-hydrogen) atoms. The Kier molecular flexibility index (Phi) is 6.58. The van der Waals surface area contributed by atoms with Gasteiger partial charge in [-0.15, -0.1) is 11.3 Å². The molecule has 5 nitrogen and oxygen atoms in total. The number of aryl methyl sites for hydroxylation is 1. The molecule has 170 valence electrons. The minimum Gasteiger partial charge on any atom is -0.480 e. The Morgan fingerprint density at radius 1 is 1.18 bits per heavy atom. The van der Waals surface area contributed by atoms with Gasteiger partial charge in [0.1, 0.15) is 34.7 Å². The molecule has 0 radical (unpaired) electrons. The van der Waals surface area contributed by atoms with E-state index >= 15 is 0 Å². The third-order valence-corrected chi connectivity index (χ3v) is 7.15. The summed E-state index contributed by atoms with van der Waals surface area (Å²) in [4.78, 5) is 22.4. The smallest absolute Gasteiger partial charge is 0.326 e. The first-order valence-electron chi connectivity index (χ1n) is 10.3. The van der Waals surface area contributed by atoms with Crippen molar-refractivity contribution in [3.8, 4) is 11.1 Å². The number of nitrogens with zero attached hydrogens (tertiary/aromatic N) is 2. The van der Waals surface area contributed by atoms with Crippen molar-refractivity contribution < 1.29 is 18.7 Å². The Morgan fingerprint density at radius 3 is 2.55 bits per heavy atom. The summed E-state index contributed by atoms with van der Waals surface area (Å²) in [5.41, 5.74) is 2.36. The zero-order chi connectivity index (χ0) is 23.7. The fourth-order valence-corrected chi connectivity index (χ4v) is 5.06. The number of aliphatic carboxylic acids is 1. The van der Waals surface area contributed by atoms with Gasteiger partial charge in [0.2, 0.25) is 0 Å². The molecule has 4 aromatic rings. The lowest BCUT2D eigenvalue weighted by atomic mass is 9.97. The van der Waals surface area contributed by atoms with Gasteiger partial charge in [-0.1, -0.05) is 36.7 Å². The van der Waals surface area contributed by atoms with Crippen LogP contribution in [0, 0.1) is 18.6 Å². The monoisotopic (exact) mass is 487 g/mol. The van der Waals surface area contributed by atoms with E-state index in [1.54, 1.807) is 6.07 Å². The van der Waals surface area contributed by atoms with Crippen LogP contribution in [0.15, 0.2) is 42.7 Å². The van der Waals surface area contributed by atoms with Gasteiger partial charge in [0.15, 0.2) is 0 Å². The Balaban J connectivity index is 1.85. The van der Waals surface area contributed by atoms with Gasteiger partial charge in [-0.25, -0.2) is 23.5 Å². The van der Waals surface area contributed by atoms with Crippen molar-refractivity contribution in [2.24, 2.45) is 0 Å². The number of carbonyl (C=O) groups is 1. The van der Waals surface area contributed by atoms with Gasteiger partial charge in [0.05, 0.1) is 5.39 Å². The molecule has 0 fully saturated rings. The Labute approximate surface area is 198 Å². The lowest BCUT2D eigenvalue weighted by molar-refractivity contribution is -0.137. The maximum atomic E-state index is 14.2. The maximum absolute atomic E-state index is 14.2. The number of fused-ring (bicyclic) bond motifs is 1. The summed E-state index contributed by atoms with van der Waals surface area (Å²) in [5.74, 6) is -2.56. The lowest BCUT2D eigenvalue weighted by Gasteiger charge is -2.17. The van der Waals surface area contributed by atoms with E-state index in [-0.39, 0.29) is 11.4 Å². The van der Waals surface area contributed by atoms with Gasteiger partial charge in [0, 0.05) is 27.4 Å². The summed E-state index contributed by atoms with van der Waals surface area (Å²) in [6.07, 6.45) is 1.68. The number of benzene rings is 2. The van der Waals surface area contributed by atoms with Crippen LogP contribution in [0.3, 0.4) is 0 Å². The van der Waals surface area contributed by atoms with Crippen molar-refractivity contribution in [3.05, 3.63) is 75.4 Å². The van der Waals surface area contributed by atoms with Crippen LogP contribution in [0.25, 0.3) is 21.3 Å². The number of rotatable bonds is 7. The Morgan fingerprint density at radius 2 is 1.88 bits per heavy atom.